The highest BCUT2D eigenvalue weighted by molar-refractivity contribution is 7.99. The number of rotatable bonds is 3. The Labute approximate surface area is 99.0 Å². The van der Waals surface area contributed by atoms with E-state index < -0.39 is 5.97 Å². The second kappa shape index (κ2) is 4.89. The number of carbonyl (C=O) groups is 1. The summed E-state index contributed by atoms with van der Waals surface area (Å²) in [5.74, 6) is 1.94. The molecule has 16 heavy (non-hydrogen) atoms. The third-order valence-electron chi connectivity index (χ3n) is 3.02. The molecule has 0 spiro atoms. The van der Waals surface area contributed by atoms with Crippen LogP contribution in [0.25, 0.3) is 0 Å². The van der Waals surface area contributed by atoms with E-state index in [1.807, 2.05) is 23.9 Å². The summed E-state index contributed by atoms with van der Waals surface area (Å²) in [5, 5.41) is 8.79. The van der Waals surface area contributed by atoms with Crippen LogP contribution in [0.15, 0.2) is 24.3 Å². The first-order valence-electron chi connectivity index (χ1n) is 5.35. The third kappa shape index (κ3) is 2.39. The minimum atomic E-state index is -0.892. The van der Waals surface area contributed by atoms with Crippen LogP contribution in [0.1, 0.15) is 28.4 Å². The topological polar surface area (TPSA) is 63.3 Å². The molecule has 0 aromatic heterocycles. The molecule has 1 aromatic rings. The van der Waals surface area contributed by atoms with Gasteiger partial charge < -0.3 is 10.8 Å². The van der Waals surface area contributed by atoms with Gasteiger partial charge in [-0.15, -0.1) is 0 Å². The Hall–Kier alpha value is -1.00. The van der Waals surface area contributed by atoms with E-state index in [0.29, 0.717) is 11.5 Å². The second-order valence-corrected chi connectivity index (χ2v) is 5.23. The molecule has 1 saturated heterocycles. The van der Waals surface area contributed by atoms with Crippen LogP contribution in [0.2, 0.25) is 0 Å². The van der Waals surface area contributed by atoms with E-state index >= 15 is 0 Å². The quantitative estimate of drug-likeness (QED) is 0.845. The van der Waals surface area contributed by atoms with E-state index in [1.54, 1.807) is 12.1 Å². The van der Waals surface area contributed by atoms with Gasteiger partial charge in [0.15, 0.2) is 0 Å². The lowest BCUT2D eigenvalue weighted by Gasteiger charge is -2.18. The van der Waals surface area contributed by atoms with E-state index in [0.717, 1.165) is 17.7 Å². The molecule has 86 valence electrons. The molecule has 0 aliphatic carbocycles. The fraction of sp³-hybridized carbons (Fsp3) is 0.417. The summed E-state index contributed by atoms with van der Waals surface area (Å²) in [6.45, 7) is 0. The van der Waals surface area contributed by atoms with E-state index in [4.69, 9.17) is 10.8 Å². The van der Waals surface area contributed by atoms with Crippen molar-refractivity contribution in [3.8, 4) is 0 Å². The molecule has 3 N–H and O–H groups in total. The second-order valence-electron chi connectivity index (χ2n) is 4.08. The van der Waals surface area contributed by atoms with Gasteiger partial charge in [-0.2, -0.15) is 11.8 Å². The van der Waals surface area contributed by atoms with Crippen molar-refractivity contribution in [1.29, 1.82) is 0 Å². The molecule has 2 atom stereocenters. The lowest BCUT2D eigenvalue weighted by Crippen LogP contribution is -2.21. The Morgan fingerprint density at radius 3 is 2.62 bits per heavy atom. The van der Waals surface area contributed by atoms with Gasteiger partial charge in [0, 0.05) is 6.04 Å². The Kier molecular flexibility index (Phi) is 3.51. The number of hydrogen-bond donors (Lipinski definition) is 2. The van der Waals surface area contributed by atoms with Gasteiger partial charge in [-0.05, 0) is 41.5 Å². The van der Waals surface area contributed by atoms with Crippen LogP contribution in [0.5, 0.6) is 0 Å². The van der Waals surface area contributed by atoms with Crippen molar-refractivity contribution in [3.05, 3.63) is 35.4 Å². The van der Waals surface area contributed by atoms with Crippen LogP contribution in [0.3, 0.4) is 0 Å². The van der Waals surface area contributed by atoms with Gasteiger partial charge in [-0.1, -0.05) is 12.1 Å². The maximum atomic E-state index is 10.7. The van der Waals surface area contributed by atoms with Crippen molar-refractivity contribution < 1.29 is 9.90 Å². The molecule has 3 nitrogen and oxygen atoms in total. The Morgan fingerprint density at radius 1 is 1.44 bits per heavy atom. The molecular formula is C12H15NO2S. The molecule has 0 radical (unpaired) electrons. The zero-order chi connectivity index (χ0) is 11.5. The average Bonchev–Trinajstić information content (AvgIpc) is 2.81. The first-order valence-corrected chi connectivity index (χ1v) is 6.50. The Bertz CT molecular complexity index is 371. The normalized spacial score (nSPS) is 21.9. The lowest BCUT2D eigenvalue weighted by molar-refractivity contribution is 0.0697. The standard InChI is InChI=1S/C12H15NO2S/c13-11(10-5-6-16-7-10)8-1-3-9(4-2-8)12(14)15/h1-4,10-11H,5-7,13H2,(H,14,15). The summed E-state index contributed by atoms with van der Waals surface area (Å²) >= 11 is 1.94. The van der Waals surface area contributed by atoms with Gasteiger partial charge in [-0.3, -0.25) is 0 Å². The highest BCUT2D eigenvalue weighted by atomic mass is 32.2. The molecule has 1 heterocycles. The van der Waals surface area contributed by atoms with Crippen molar-refractivity contribution in [2.24, 2.45) is 11.7 Å². The lowest BCUT2D eigenvalue weighted by atomic mass is 9.93. The van der Waals surface area contributed by atoms with Crippen molar-refractivity contribution in [3.63, 3.8) is 0 Å². The van der Waals surface area contributed by atoms with E-state index in [1.165, 1.54) is 5.75 Å². The average molecular weight is 237 g/mol. The van der Waals surface area contributed by atoms with Gasteiger partial charge >= 0.3 is 5.97 Å². The molecule has 1 aromatic carbocycles. The smallest absolute Gasteiger partial charge is 0.335 e. The predicted molar refractivity (Wildman–Crippen MR) is 65.8 cm³/mol. The molecule has 4 heteroatoms. The van der Waals surface area contributed by atoms with Crippen molar-refractivity contribution >= 4 is 17.7 Å². The van der Waals surface area contributed by atoms with Crippen molar-refractivity contribution in [1.82, 2.24) is 0 Å². The number of nitrogens with two attached hydrogens (primary N) is 1. The summed E-state index contributed by atoms with van der Waals surface area (Å²) in [6.07, 6.45) is 1.16. The van der Waals surface area contributed by atoms with E-state index in [2.05, 4.69) is 0 Å². The van der Waals surface area contributed by atoms with Crippen molar-refractivity contribution in [2.45, 2.75) is 12.5 Å². The van der Waals surface area contributed by atoms with Gasteiger partial charge in [0.25, 0.3) is 0 Å². The Morgan fingerprint density at radius 2 is 2.12 bits per heavy atom. The number of carboxylic acids is 1. The number of aromatic carboxylic acids is 1. The van der Waals surface area contributed by atoms with Crippen LogP contribution >= 0.6 is 11.8 Å². The molecule has 0 bridgehead atoms. The summed E-state index contributed by atoms with van der Waals surface area (Å²) in [6, 6.07) is 6.95. The first kappa shape index (κ1) is 11.5. The molecule has 0 saturated carbocycles. The van der Waals surface area contributed by atoms with E-state index in [-0.39, 0.29) is 6.04 Å². The largest absolute Gasteiger partial charge is 0.478 e. The molecular weight excluding hydrogens is 222 g/mol. The number of benzene rings is 1. The maximum absolute atomic E-state index is 10.7. The molecule has 1 aliphatic heterocycles. The molecule has 1 aliphatic rings. The zero-order valence-corrected chi connectivity index (χ0v) is 9.74. The number of carboxylic acid groups (broad SMARTS) is 1. The monoisotopic (exact) mass is 237 g/mol. The number of thioether (sulfide) groups is 1. The third-order valence-corrected chi connectivity index (χ3v) is 4.20. The van der Waals surface area contributed by atoms with Gasteiger partial charge in [0.05, 0.1) is 5.56 Å². The molecule has 0 amide bonds. The Balaban J connectivity index is 2.11. The summed E-state index contributed by atoms with van der Waals surface area (Å²) in [4.78, 5) is 10.7. The fourth-order valence-electron chi connectivity index (χ4n) is 1.96. The van der Waals surface area contributed by atoms with Crippen LogP contribution in [0, 0.1) is 5.92 Å². The predicted octanol–water partition coefficient (Wildman–Crippen LogP) is 2.14. The van der Waals surface area contributed by atoms with Crippen LogP contribution in [-0.4, -0.2) is 22.6 Å². The van der Waals surface area contributed by atoms with Crippen molar-refractivity contribution in [2.75, 3.05) is 11.5 Å². The SMILES string of the molecule is NC(c1ccc(C(=O)O)cc1)C1CCSC1. The van der Waals surface area contributed by atoms with Gasteiger partial charge in [-0.25, -0.2) is 4.79 Å². The zero-order valence-electron chi connectivity index (χ0n) is 8.93. The minimum Gasteiger partial charge on any atom is -0.478 e. The minimum absolute atomic E-state index is 0.0397. The fourth-order valence-corrected chi connectivity index (χ4v) is 3.27. The summed E-state index contributed by atoms with van der Waals surface area (Å²) in [7, 11) is 0. The van der Waals surface area contributed by atoms with Gasteiger partial charge in [0.1, 0.15) is 0 Å². The maximum Gasteiger partial charge on any atom is 0.335 e. The molecule has 2 unspecified atom stereocenters. The number of hydrogen-bond acceptors (Lipinski definition) is 3. The highest BCUT2D eigenvalue weighted by Crippen LogP contribution is 2.32. The van der Waals surface area contributed by atoms with E-state index in [9.17, 15) is 4.79 Å². The summed E-state index contributed by atoms with van der Waals surface area (Å²) in [5.41, 5.74) is 7.52. The molecule has 2 rings (SSSR count). The van der Waals surface area contributed by atoms with Crippen LogP contribution in [0.4, 0.5) is 0 Å². The van der Waals surface area contributed by atoms with Gasteiger partial charge in [0.2, 0.25) is 0 Å². The van der Waals surface area contributed by atoms with Crippen LogP contribution in [-0.2, 0) is 0 Å². The highest BCUT2D eigenvalue weighted by Gasteiger charge is 2.23. The molecule has 1 fully saturated rings. The first-order chi connectivity index (χ1) is 7.68. The van der Waals surface area contributed by atoms with Crippen LogP contribution < -0.4 is 5.73 Å². The summed E-state index contributed by atoms with van der Waals surface area (Å²) < 4.78 is 0.